The molecule has 3 nitrogen and oxygen atoms in total. The average Bonchev–Trinajstić information content (AvgIpc) is 2.43. The standard InChI is InChI=1S/C16H23BrN2O/c1-11-9-13(3-5-14(11)17)4-6-16(20)19-15-7-8-18-10-12(15)2/h3,5,9,12,15,18H,4,6-8,10H2,1-2H3,(H,19,20). The minimum absolute atomic E-state index is 0.171. The average molecular weight is 339 g/mol. The van der Waals surface area contributed by atoms with Gasteiger partial charge in [-0.05, 0) is 56.0 Å². The number of hydrogen-bond acceptors (Lipinski definition) is 2. The lowest BCUT2D eigenvalue weighted by molar-refractivity contribution is -0.122. The maximum Gasteiger partial charge on any atom is 0.220 e. The van der Waals surface area contributed by atoms with Crippen LogP contribution in [0.3, 0.4) is 0 Å². The predicted molar refractivity (Wildman–Crippen MR) is 85.8 cm³/mol. The molecule has 1 heterocycles. The van der Waals surface area contributed by atoms with Crippen molar-refractivity contribution < 1.29 is 4.79 Å². The summed E-state index contributed by atoms with van der Waals surface area (Å²) in [7, 11) is 0. The Hall–Kier alpha value is -0.870. The molecule has 0 bridgehead atoms. The van der Waals surface area contributed by atoms with Crippen molar-refractivity contribution in [1.82, 2.24) is 10.6 Å². The summed E-state index contributed by atoms with van der Waals surface area (Å²) in [5, 5.41) is 6.53. The van der Waals surface area contributed by atoms with Gasteiger partial charge in [0, 0.05) is 16.9 Å². The van der Waals surface area contributed by atoms with Crippen LogP contribution in [0.1, 0.15) is 30.9 Å². The Morgan fingerprint density at radius 3 is 3.00 bits per heavy atom. The van der Waals surface area contributed by atoms with E-state index in [0.29, 0.717) is 18.4 Å². The highest BCUT2D eigenvalue weighted by atomic mass is 79.9. The SMILES string of the molecule is Cc1cc(CCC(=O)NC2CCNCC2C)ccc1Br. The van der Waals surface area contributed by atoms with E-state index >= 15 is 0 Å². The summed E-state index contributed by atoms with van der Waals surface area (Å²) >= 11 is 3.50. The van der Waals surface area contributed by atoms with Crippen molar-refractivity contribution in [3.63, 3.8) is 0 Å². The van der Waals surface area contributed by atoms with Gasteiger partial charge in [0.2, 0.25) is 5.91 Å². The third-order valence-electron chi connectivity index (χ3n) is 3.99. The van der Waals surface area contributed by atoms with Crippen molar-refractivity contribution in [2.24, 2.45) is 5.92 Å². The summed E-state index contributed by atoms with van der Waals surface area (Å²) < 4.78 is 1.12. The lowest BCUT2D eigenvalue weighted by Crippen LogP contribution is -2.48. The maximum absolute atomic E-state index is 12.0. The van der Waals surface area contributed by atoms with Gasteiger partial charge in [0.25, 0.3) is 0 Å². The van der Waals surface area contributed by atoms with E-state index in [4.69, 9.17) is 0 Å². The number of piperidine rings is 1. The number of carbonyl (C=O) groups excluding carboxylic acids is 1. The van der Waals surface area contributed by atoms with Gasteiger partial charge in [-0.1, -0.05) is 35.0 Å². The molecular formula is C16H23BrN2O. The summed E-state index contributed by atoms with van der Waals surface area (Å²) in [5.41, 5.74) is 2.44. The van der Waals surface area contributed by atoms with Crippen molar-refractivity contribution >= 4 is 21.8 Å². The first-order valence-electron chi connectivity index (χ1n) is 7.31. The van der Waals surface area contributed by atoms with Crippen LogP contribution in [0.4, 0.5) is 0 Å². The smallest absolute Gasteiger partial charge is 0.220 e. The molecule has 2 unspecified atom stereocenters. The van der Waals surface area contributed by atoms with E-state index in [1.165, 1.54) is 11.1 Å². The Balaban J connectivity index is 1.81. The van der Waals surface area contributed by atoms with Crippen LogP contribution in [0.5, 0.6) is 0 Å². The van der Waals surface area contributed by atoms with Crippen LogP contribution in [0.25, 0.3) is 0 Å². The molecule has 2 atom stereocenters. The number of halogens is 1. The molecule has 2 N–H and O–H groups in total. The summed E-state index contributed by atoms with van der Waals surface area (Å²) in [6.07, 6.45) is 2.40. The molecule has 1 aromatic carbocycles. The molecule has 0 aliphatic carbocycles. The monoisotopic (exact) mass is 338 g/mol. The summed E-state index contributed by atoms with van der Waals surface area (Å²) in [5.74, 6) is 0.687. The third-order valence-corrected chi connectivity index (χ3v) is 4.88. The number of carbonyl (C=O) groups is 1. The first kappa shape index (κ1) is 15.5. The second kappa shape index (κ2) is 7.23. The van der Waals surface area contributed by atoms with Crippen LogP contribution >= 0.6 is 15.9 Å². The van der Waals surface area contributed by atoms with Crippen LogP contribution in [-0.2, 0) is 11.2 Å². The Bertz CT molecular complexity index is 476. The highest BCUT2D eigenvalue weighted by Crippen LogP contribution is 2.18. The second-order valence-corrected chi connectivity index (χ2v) is 6.58. The molecule has 1 aliphatic heterocycles. The largest absolute Gasteiger partial charge is 0.353 e. The lowest BCUT2D eigenvalue weighted by Gasteiger charge is -2.30. The number of nitrogens with one attached hydrogen (secondary N) is 2. The van der Waals surface area contributed by atoms with Crippen LogP contribution in [0.2, 0.25) is 0 Å². The maximum atomic E-state index is 12.0. The molecule has 2 rings (SSSR count). The molecule has 1 amide bonds. The van der Waals surface area contributed by atoms with Gasteiger partial charge in [0.05, 0.1) is 0 Å². The molecule has 4 heteroatoms. The van der Waals surface area contributed by atoms with E-state index in [2.05, 4.69) is 58.6 Å². The van der Waals surface area contributed by atoms with E-state index in [1.807, 2.05) is 0 Å². The number of aryl methyl sites for hydroxylation is 2. The summed E-state index contributed by atoms with van der Waals surface area (Å²) in [6.45, 7) is 6.26. The van der Waals surface area contributed by atoms with Crippen molar-refractivity contribution in [3.8, 4) is 0 Å². The molecule has 1 fully saturated rings. The van der Waals surface area contributed by atoms with E-state index in [9.17, 15) is 4.79 Å². The minimum Gasteiger partial charge on any atom is -0.353 e. The Labute approximate surface area is 129 Å². The highest BCUT2D eigenvalue weighted by Gasteiger charge is 2.22. The molecule has 110 valence electrons. The van der Waals surface area contributed by atoms with Gasteiger partial charge in [0.15, 0.2) is 0 Å². The van der Waals surface area contributed by atoms with Crippen molar-refractivity contribution in [3.05, 3.63) is 33.8 Å². The van der Waals surface area contributed by atoms with E-state index < -0.39 is 0 Å². The van der Waals surface area contributed by atoms with Gasteiger partial charge in [-0.2, -0.15) is 0 Å². The zero-order chi connectivity index (χ0) is 14.5. The topological polar surface area (TPSA) is 41.1 Å². The molecule has 1 saturated heterocycles. The van der Waals surface area contributed by atoms with Gasteiger partial charge in [-0.15, -0.1) is 0 Å². The number of benzene rings is 1. The van der Waals surface area contributed by atoms with Gasteiger partial charge < -0.3 is 10.6 Å². The zero-order valence-corrected chi connectivity index (χ0v) is 13.8. The number of rotatable bonds is 4. The molecule has 0 radical (unpaired) electrons. The van der Waals surface area contributed by atoms with Gasteiger partial charge >= 0.3 is 0 Å². The molecule has 0 spiro atoms. The van der Waals surface area contributed by atoms with Crippen molar-refractivity contribution in [2.75, 3.05) is 13.1 Å². The molecule has 1 aliphatic rings. The predicted octanol–water partition coefficient (Wildman–Crippen LogP) is 2.80. The van der Waals surface area contributed by atoms with E-state index in [1.54, 1.807) is 0 Å². The van der Waals surface area contributed by atoms with Crippen molar-refractivity contribution in [2.45, 2.75) is 39.2 Å². The third kappa shape index (κ3) is 4.32. The second-order valence-electron chi connectivity index (χ2n) is 5.73. The van der Waals surface area contributed by atoms with Crippen LogP contribution in [-0.4, -0.2) is 25.0 Å². The fourth-order valence-corrected chi connectivity index (χ4v) is 2.87. The van der Waals surface area contributed by atoms with Gasteiger partial charge in [-0.3, -0.25) is 4.79 Å². The Morgan fingerprint density at radius 1 is 1.50 bits per heavy atom. The van der Waals surface area contributed by atoms with Crippen LogP contribution in [0.15, 0.2) is 22.7 Å². The molecule has 0 saturated carbocycles. The normalized spacial score (nSPS) is 22.6. The quantitative estimate of drug-likeness (QED) is 0.886. The van der Waals surface area contributed by atoms with E-state index in [-0.39, 0.29) is 5.91 Å². The number of amides is 1. The fourth-order valence-electron chi connectivity index (χ4n) is 2.63. The molecule has 0 aromatic heterocycles. The minimum atomic E-state index is 0.171. The van der Waals surface area contributed by atoms with Crippen LogP contribution in [0, 0.1) is 12.8 Å². The van der Waals surface area contributed by atoms with E-state index in [0.717, 1.165) is 30.4 Å². The van der Waals surface area contributed by atoms with Gasteiger partial charge in [0.1, 0.15) is 0 Å². The summed E-state index contributed by atoms with van der Waals surface area (Å²) in [4.78, 5) is 12.0. The highest BCUT2D eigenvalue weighted by molar-refractivity contribution is 9.10. The number of hydrogen-bond donors (Lipinski definition) is 2. The Kier molecular flexibility index (Phi) is 5.61. The van der Waals surface area contributed by atoms with Crippen molar-refractivity contribution in [1.29, 1.82) is 0 Å². The first-order valence-corrected chi connectivity index (χ1v) is 8.10. The van der Waals surface area contributed by atoms with Crippen LogP contribution < -0.4 is 10.6 Å². The fraction of sp³-hybridized carbons (Fsp3) is 0.562. The lowest BCUT2D eigenvalue weighted by atomic mass is 9.95. The zero-order valence-electron chi connectivity index (χ0n) is 12.2. The Morgan fingerprint density at radius 2 is 2.30 bits per heavy atom. The first-order chi connectivity index (χ1) is 9.56. The van der Waals surface area contributed by atoms with Gasteiger partial charge in [-0.25, -0.2) is 0 Å². The summed E-state index contributed by atoms with van der Waals surface area (Å²) in [6, 6.07) is 6.61. The molecule has 20 heavy (non-hydrogen) atoms. The molecule has 1 aromatic rings. The molecular weight excluding hydrogens is 316 g/mol.